The number of hydrogen-bond donors (Lipinski definition) is 1. The monoisotopic (exact) mass is 489 g/mol. The molecule has 0 bridgehead atoms. The number of fused-ring (bicyclic) bond motifs is 1. The molecule has 2 aromatic carbocycles. The minimum absolute atomic E-state index is 0. The van der Waals surface area contributed by atoms with E-state index in [1.54, 1.807) is 0 Å². The first kappa shape index (κ1) is 25.7. The molecule has 0 radical (unpaired) electrons. The van der Waals surface area contributed by atoms with Gasteiger partial charge in [-0.1, -0.05) is 55.5 Å². The highest BCUT2D eigenvalue weighted by molar-refractivity contribution is 5.95. The lowest BCUT2D eigenvalue weighted by Crippen LogP contribution is -2.46. The molecule has 5 nitrogen and oxygen atoms in total. The minimum Gasteiger partial charge on any atom is -0.393 e. The van der Waals surface area contributed by atoms with Gasteiger partial charge in [-0.25, -0.2) is 4.98 Å². The van der Waals surface area contributed by atoms with Crippen LogP contribution in [0.25, 0.3) is 22.0 Å². The van der Waals surface area contributed by atoms with Crippen molar-refractivity contribution in [2.24, 2.45) is 0 Å². The second-order valence-corrected chi connectivity index (χ2v) is 8.63. The molecule has 3 heterocycles. The van der Waals surface area contributed by atoms with E-state index in [4.69, 9.17) is 9.72 Å². The van der Waals surface area contributed by atoms with Crippen molar-refractivity contribution >= 4 is 41.4 Å². The van der Waals surface area contributed by atoms with Gasteiger partial charge in [0.1, 0.15) is 5.82 Å². The first-order valence-corrected chi connectivity index (χ1v) is 11.5. The second kappa shape index (κ2) is 11.5. The number of anilines is 1. The number of hydrogen-bond acceptors (Lipinski definition) is 5. The molecule has 33 heavy (non-hydrogen) atoms. The quantitative estimate of drug-likeness (QED) is 0.552. The van der Waals surface area contributed by atoms with Gasteiger partial charge in [-0.2, -0.15) is 0 Å². The lowest BCUT2D eigenvalue weighted by Gasteiger charge is -2.35. The number of ether oxygens (including phenoxy) is 1. The molecule has 0 unspecified atom stereocenters. The van der Waals surface area contributed by atoms with E-state index in [1.807, 2.05) is 0 Å². The van der Waals surface area contributed by atoms with E-state index in [0.29, 0.717) is 13.0 Å². The van der Waals surface area contributed by atoms with Gasteiger partial charge in [0, 0.05) is 50.2 Å². The Morgan fingerprint density at radius 3 is 2.42 bits per heavy atom. The number of aromatic nitrogens is 1. The van der Waals surface area contributed by atoms with Crippen LogP contribution in [0.4, 0.5) is 5.82 Å². The zero-order chi connectivity index (χ0) is 21.2. The Morgan fingerprint density at radius 2 is 1.73 bits per heavy atom. The van der Waals surface area contributed by atoms with E-state index < -0.39 is 0 Å². The van der Waals surface area contributed by atoms with Crippen LogP contribution in [-0.4, -0.2) is 60.4 Å². The highest BCUT2D eigenvalue weighted by Gasteiger charge is 2.23. The Bertz CT molecular complexity index is 1040. The Morgan fingerprint density at radius 1 is 1.00 bits per heavy atom. The lowest BCUT2D eigenvalue weighted by atomic mass is 9.97. The van der Waals surface area contributed by atoms with Crippen LogP contribution < -0.4 is 4.90 Å². The van der Waals surface area contributed by atoms with Crippen LogP contribution in [0.2, 0.25) is 0 Å². The smallest absolute Gasteiger partial charge is 0.137 e. The van der Waals surface area contributed by atoms with Gasteiger partial charge in [0.15, 0.2) is 0 Å². The summed E-state index contributed by atoms with van der Waals surface area (Å²) < 4.78 is 5.87. The van der Waals surface area contributed by atoms with Crippen molar-refractivity contribution in [1.29, 1.82) is 0 Å². The highest BCUT2D eigenvalue weighted by atomic mass is 35.5. The predicted molar refractivity (Wildman–Crippen MR) is 140 cm³/mol. The first-order chi connectivity index (χ1) is 15.2. The van der Waals surface area contributed by atoms with Crippen molar-refractivity contribution in [2.45, 2.75) is 32.0 Å². The van der Waals surface area contributed by atoms with Crippen LogP contribution in [0.1, 0.15) is 31.4 Å². The minimum atomic E-state index is -0.267. The van der Waals surface area contributed by atoms with Crippen LogP contribution in [0, 0.1) is 0 Å². The molecule has 2 fully saturated rings. The van der Waals surface area contributed by atoms with Crippen LogP contribution >= 0.6 is 24.8 Å². The third-order valence-electron chi connectivity index (χ3n) is 6.67. The van der Waals surface area contributed by atoms with E-state index in [0.717, 1.165) is 61.8 Å². The summed E-state index contributed by atoms with van der Waals surface area (Å²) in [4.78, 5) is 10.1. The van der Waals surface area contributed by atoms with Gasteiger partial charge in [-0.3, -0.25) is 0 Å². The van der Waals surface area contributed by atoms with E-state index >= 15 is 0 Å². The average Bonchev–Trinajstić information content (AvgIpc) is 2.83. The van der Waals surface area contributed by atoms with Crippen molar-refractivity contribution in [3.8, 4) is 11.3 Å². The Labute approximate surface area is 208 Å². The molecule has 2 aliphatic heterocycles. The van der Waals surface area contributed by atoms with Gasteiger partial charge >= 0.3 is 0 Å². The maximum absolute atomic E-state index is 9.96. The summed E-state index contributed by atoms with van der Waals surface area (Å²) in [6.45, 7) is 8.14. The van der Waals surface area contributed by atoms with Crippen molar-refractivity contribution in [3.05, 3.63) is 60.2 Å². The van der Waals surface area contributed by atoms with E-state index in [2.05, 4.69) is 71.3 Å². The van der Waals surface area contributed by atoms with Crippen LogP contribution in [0.5, 0.6) is 0 Å². The van der Waals surface area contributed by atoms with Gasteiger partial charge in [-0.05, 0) is 30.0 Å². The number of halogens is 2. The predicted octanol–water partition coefficient (Wildman–Crippen LogP) is 5.10. The number of rotatable bonds is 4. The summed E-state index contributed by atoms with van der Waals surface area (Å²) in [6, 6.07) is 19.3. The van der Waals surface area contributed by atoms with Gasteiger partial charge in [0.25, 0.3) is 0 Å². The zero-order valence-electron chi connectivity index (χ0n) is 19.0. The fourth-order valence-corrected chi connectivity index (χ4v) is 4.73. The number of nitrogens with zero attached hydrogens (tertiary/aromatic N) is 3. The van der Waals surface area contributed by atoms with Gasteiger partial charge in [-0.15, -0.1) is 24.8 Å². The maximum atomic E-state index is 9.96. The summed E-state index contributed by atoms with van der Waals surface area (Å²) in [5.41, 5.74) is 3.24. The number of piperazine rings is 1. The zero-order valence-corrected chi connectivity index (χ0v) is 20.7. The Balaban J connectivity index is 0.00000153. The summed E-state index contributed by atoms with van der Waals surface area (Å²) >= 11 is 0. The van der Waals surface area contributed by atoms with Crippen LogP contribution in [-0.2, 0) is 4.74 Å². The van der Waals surface area contributed by atoms with Crippen molar-refractivity contribution in [3.63, 3.8) is 0 Å². The molecule has 3 aromatic rings. The molecule has 2 saturated heterocycles. The molecular formula is C26H33Cl2N3O2. The molecule has 0 spiro atoms. The molecule has 2 aliphatic rings. The molecule has 1 aromatic heterocycles. The molecular weight excluding hydrogens is 457 g/mol. The number of aliphatic hydroxyl groups is 1. The summed E-state index contributed by atoms with van der Waals surface area (Å²) in [5, 5.41) is 12.4. The lowest BCUT2D eigenvalue weighted by molar-refractivity contribution is -0.0447. The second-order valence-electron chi connectivity index (χ2n) is 8.63. The van der Waals surface area contributed by atoms with Crippen LogP contribution in [0.3, 0.4) is 0 Å². The van der Waals surface area contributed by atoms with Crippen molar-refractivity contribution < 1.29 is 9.84 Å². The third-order valence-corrected chi connectivity index (χ3v) is 6.67. The average molecular weight is 490 g/mol. The van der Waals surface area contributed by atoms with Crippen LogP contribution in [0.15, 0.2) is 54.6 Å². The third kappa shape index (κ3) is 5.61. The molecule has 5 rings (SSSR count). The van der Waals surface area contributed by atoms with Crippen molar-refractivity contribution in [1.82, 2.24) is 9.88 Å². The van der Waals surface area contributed by atoms with Gasteiger partial charge < -0.3 is 19.6 Å². The molecule has 178 valence electrons. The number of pyridine rings is 1. The molecule has 0 aliphatic carbocycles. The van der Waals surface area contributed by atoms with Gasteiger partial charge in [0.2, 0.25) is 0 Å². The molecule has 0 saturated carbocycles. The normalized spacial score (nSPS) is 21.3. The molecule has 1 N–H and O–H groups in total. The first-order valence-electron chi connectivity index (χ1n) is 11.5. The van der Waals surface area contributed by atoms with E-state index in [1.165, 1.54) is 10.8 Å². The SMILES string of the molecule is CCN1CCN(c2nc(-c3ccc([C@H]4C[C@H](O)CCO4)cc3)cc3ccccc23)CC1.Cl.Cl. The fraction of sp³-hybridized carbons (Fsp3) is 0.423. The standard InChI is InChI=1S/C26H31N3O2.2ClH/c1-2-28-12-14-29(15-13-28)26-23-6-4-3-5-21(23)17-24(27-26)19-7-9-20(10-8-19)25-18-22(30)11-16-31-25;;/h3-10,17,22,25,30H,2,11-16,18H2,1H3;2*1H/t22-,25-;;/m1../s1. The summed E-state index contributed by atoms with van der Waals surface area (Å²) in [5.74, 6) is 1.09. The fourth-order valence-electron chi connectivity index (χ4n) is 4.73. The highest BCUT2D eigenvalue weighted by Crippen LogP contribution is 2.33. The number of aliphatic hydroxyl groups excluding tert-OH is 1. The number of benzene rings is 2. The van der Waals surface area contributed by atoms with E-state index in [-0.39, 0.29) is 37.0 Å². The van der Waals surface area contributed by atoms with Gasteiger partial charge in [0.05, 0.1) is 17.9 Å². The molecule has 7 heteroatoms. The Hall–Kier alpha value is -1.89. The largest absolute Gasteiger partial charge is 0.393 e. The molecule has 2 atom stereocenters. The molecule has 0 amide bonds. The number of likely N-dealkylation sites (N-methyl/N-ethyl adjacent to an activating group) is 1. The van der Waals surface area contributed by atoms with Crippen molar-refractivity contribution in [2.75, 3.05) is 44.2 Å². The Kier molecular flexibility index (Phi) is 8.96. The summed E-state index contributed by atoms with van der Waals surface area (Å²) in [7, 11) is 0. The topological polar surface area (TPSA) is 48.8 Å². The summed E-state index contributed by atoms with van der Waals surface area (Å²) in [6.07, 6.45) is 1.11. The maximum Gasteiger partial charge on any atom is 0.137 e. The van der Waals surface area contributed by atoms with E-state index in [9.17, 15) is 5.11 Å².